The maximum atomic E-state index is 13.0. The van der Waals surface area contributed by atoms with Gasteiger partial charge in [-0.05, 0) is 245 Å². The number of aliphatic carboxylic acids is 10. The van der Waals surface area contributed by atoms with E-state index in [1.807, 2.05) is 45.0 Å². The number of ether oxygens (including phenoxy) is 5. The van der Waals surface area contributed by atoms with Gasteiger partial charge < -0.3 is 90.3 Å². The molecule has 14 N–H and O–H groups in total. The summed E-state index contributed by atoms with van der Waals surface area (Å²) in [5.41, 5.74) is -0.789. The van der Waals surface area contributed by atoms with Crippen molar-refractivity contribution in [3.63, 3.8) is 0 Å². The number of aromatic nitrogens is 2. The smallest absolute Gasteiger partial charge is 0.336 e. The molecule has 1 amide bonds. The monoisotopic (exact) mass is 2040 g/mol. The lowest BCUT2D eigenvalue weighted by atomic mass is 9.81. The molecule has 0 aliphatic heterocycles. The zero-order valence-corrected chi connectivity index (χ0v) is 82.4. The number of hydrogen-bond acceptors (Lipinski definition) is 19. The summed E-state index contributed by atoms with van der Waals surface area (Å²) >= 11 is 0. The van der Waals surface area contributed by atoms with Gasteiger partial charge in [0.25, 0.3) is 5.91 Å². The minimum atomic E-state index is -2.13. The predicted octanol–water partition coefficient (Wildman–Crippen LogP) is 21.3. The standard InChI is InChI=1S/C23H27NO6.2C22H24O7.C21H23FO5.C20H26N2O5.5CH4/c1-15-7-5-6-8-18(15)19(25)24-17-11-9-16(10-12-17)13-23(20(26)27,21(28)29)14-30-22(2,3)4;1-21(2,3)29-13-22(19(25)26,20(27)28)12-14-4-6-15(7-5-14)16-8-10-17(11-9-16)18(23)24;1-21(2,3)29-13-22(19(25)26,20(27)28)12-14-8-10-15(11-9-14)16-6-4-5-7-17(16)18(23)24;1-20(2,3)27-13-21(18(23)24,19(25)26)12-14-4-6-15(7-5-14)16-8-10-17(22)11-9-16;1-12-16(13(2)22-21-12)15-8-6-14(7-9-15)10-20(17(23)24,18(25)26)11-27-19(3,4)5;;;;;/h5-12H,13-14H2,1-4H3,(H,24,25)(H,26,27)(H,28,29);2*4-11H,12-13H2,1-3H3,(H,23,24)(H,25,26)(H,27,28);4-11H,12-13H2,1-3H3,(H,23,24)(H,25,26);6-9H,10-11H2,1-5H3,(H,21,22)(H,23,24)(H,25,26);5*1H4. The van der Waals surface area contributed by atoms with Crippen LogP contribution in [0.2, 0.25) is 0 Å². The number of benzene rings is 9. The fraction of sp³-hybridized carbons (Fsp3) is 0.381. The average Bonchev–Trinajstić information content (AvgIpc) is 1.72. The van der Waals surface area contributed by atoms with E-state index in [1.54, 1.807) is 268 Å². The first-order valence-electron chi connectivity index (χ1n) is 44.6. The van der Waals surface area contributed by atoms with Gasteiger partial charge in [-0.3, -0.25) is 57.8 Å². The van der Waals surface area contributed by atoms with Gasteiger partial charge >= 0.3 is 71.6 Å². The number of nitrogens with one attached hydrogen (secondary N) is 2. The van der Waals surface area contributed by atoms with Crippen molar-refractivity contribution >= 4 is 83.2 Å². The third-order valence-electron chi connectivity index (χ3n) is 22.3. The van der Waals surface area contributed by atoms with Gasteiger partial charge in [-0.15, -0.1) is 0 Å². The fourth-order valence-corrected chi connectivity index (χ4v) is 13.8. The van der Waals surface area contributed by atoms with Crippen LogP contribution in [0, 0.1) is 53.7 Å². The van der Waals surface area contributed by atoms with Gasteiger partial charge in [0.1, 0.15) is 5.82 Å². The van der Waals surface area contributed by atoms with E-state index in [2.05, 4.69) is 15.5 Å². The van der Waals surface area contributed by atoms with Crippen molar-refractivity contribution in [3.8, 4) is 44.5 Å². The van der Waals surface area contributed by atoms with E-state index in [-0.39, 0.29) is 92.1 Å². The molecule has 1 heterocycles. The van der Waals surface area contributed by atoms with Gasteiger partial charge in [-0.25, -0.2) is 14.0 Å². The van der Waals surface area contributed by atoms with E-state index in [4.69, 9.17) is 28.8 Å². The molecule has 0 unspecified atom stereocenters. The van der Waals surface area contributed by atoms with Crippen LogP contribution in [0.3, 0.4) is 0 Å². The van der Waals surface area contributed by atoms with Crippen molar-refractivity contribution in [1.82, 2.24) is 10.2 Å². The van der Waals surface area contributed by atoms with Gasteiger partial charge in [0, 0.05) is 54.6 Å². The number of carboxylic acid groups (broad SMARTS) is 12. The van der Waals surface area contributed by atoms with E-state index >= 15 is 0 Å². The van der Waals surface area contributed by atoms with E-state index in [1.165, 1.54) is 30.3 Å². The molecular formula is C113H144FN3O30. The average molecular weight is 2040 g/mol. The number of anilines is 1. The number of rotatable bonds is 38. The quantitative estimate of drug-likeness (QED) is 0.0160. The molecule has 0 aliphatic carbocycles. The molecule has 10 rings (SSSR count). The zero-order valence-electron chi connectivity index (χ0n) is 82.4. The molecule has 147 heavy (non-hydrogen) atoms. The lowest BCUT2D eigenvalue weighted by Gasteiger charge is -2.29. The fourth-order valence-electron chi connectivity index (χ4n) is 13.8. The number of carboxylic acids is 12. The molecule has 0 atom stereocenters. The maximum absolute atomic E-state index is 13.0. The highest BCUT2D eigenvalue weighted by Crippen LogP contribution is 2.37. The van der Waals surface area contributed by atoms with Crippen LogP contribution in [-0.4, -0.2) is 210 Å². The van der Waals surface area contributed by atoms with Gasteiger partial charge in [-0.2, -0.15) is 5.10 Å². The van der Waals surface area contributed by atoms with E-state index in [0.29, 0.717) is 50.2 Å². The van der Waals surface area contributed by atoms with Gasteiger partial charge in [0.15, 0.2) is 27.1 Å². The van der Waals surface area contributed by atoms with Crippen molar-refractivity contribution in [2.45, 2.75) is 222 Å². The number of halogens is 1. The van der Waals surface area contributed by atoms with Crippen molar-refractivity contribution in [2.24, 2.45) is 27.1 Å². The molecule has 0 bridgehead atoms. The van der Waals surface area contributed by atoms with Crippen LogP contribution < -0.4 is 5.32 Å². The lowest BCUT2D eigenvalue weighted by Crippen LogP contribution is -2.47. The molecular weight excluding hydrogens is 1900 g/mol. The zero-order chi connectivity index (χ0) is 107. The molecule has 0 radical (unpaired) electrons. The Labute approximate surface area is 858 Å². The Balaban J connectivity index is 0.000000911. The summed E-state index contributed by atoms with van der Waals surface area (Å²) in [5.74, 6) is -17.2. The van der Waals surface area contributed by atoms with Crippen molar-refractivity contribution in [3.05, 3.63) is 286 Å². The molecule has 798 valence electrons. The highest BCUT2D eigenvalue weighted by molar-refractivity contribution is 6.06. The molecule has 10 aromatic rings. The van der Waals surface area contributed by atoms with Crippen LogP contribution in [-0.2, 0) is 104 Å². The molecule has 34 heteroatoms. The molecule has 33 nitrogen and oxygen atoms in total. The van der Waals surface area contributed by atoms with Crippen LogP contribution in [0.1, 0.15) is 217 Å². The largest absolute Gasteiger partial charge is 0.480 e. The Kier molecular flexibility index (Phi) is 48.5. The Morgan fingerprint density at radius 3 is 0.776 bits per heavy atom. The molecule has 0 fully saturated rings. The number of hydrogen-bond donors (Lipinski definition) is 14. The molecule has 1 aromatic heterocycles. The highest BCUT2D eigenvalue weighted by Gasteiger charge is 2.53. The first kappa shape index (κ1) is 130. The summed E-state index contributed by atoms with van der Waals surface area (Å²) in [6.45, 7) is 29.4. The normalized spacial score (nSPS) is 11.5. The number of aromatic amines is 1. The predicted molar refractivity (Wildman–Crippen MR) is 558 cm³/mol. The first-order valence-corrected chi connectivity index (χ1v) is 44.6. The molecule has 0 saturated heterocycles. The topological polar surface area (TPSA) is 552 Å². The van der Waals surface area contributed by atoms with Gasteiger partial charge in [0.05, 0.1) is 77.9 Å². The number of carbonyl (C=O) groups is 13. The van der Waals surface area contributed by atoms with Crippen LogP contribution in [0.4, 0.5) is 10.1 Å². The molecule has 9 aromatic carbocycles. The number of aromatic carboxylic acids is 2. The summed E-state index contributed by atoms with van der Waals surface area (Å²) < 4.78 is 40.6. The summed E-state index contributed by atoms with van der Waals surface area (Å²) in [7, 11) is 0. The Morgan fingerprint density at radius 1 is 0.293 bits per heavy atom. The second-order valence-corrected chi connectivity index (χ2v) is 39.2. The van der Waals surface area contributed by atoms with Crippen LogP contribution in [0.5, 0.6) is 0 Å². The highest BCUT2D eigenvalue weighted by atomic mass is 19.1. The van der Waals surface area contributed by atoms with Gasteiger partial charge in [0.2, 0.25) is 0 Å². The van der Waals surface area contributed by atoms with Crippen LogP contribution in [0.25, 0.3) is 44.5 Å². The summed E-state index contributed by atoms with van der Waals surface area (Å²) in [5, 5.41) is 125. The number of carbonyl (C=O) groups excluding carboxylic acids is 1. The number of nitrogens with zero attached hydrogens (tertiary/aromatic N) is 1. The molecule has 0 aliphatic rings. The first-order chi connectivity index (χ1) is 65.8. The second-order valence-electron chi connectivity index (χ2n) is 39.2. The maximum Gasteiger partial charge on any atom is 0.336 e. The Bertz CT molecular complexity index is 6010. The third-order valence-corrected chi connectivity index (χ3v) is 22.3. The molecule has 0 saturated carbocycles. The minimum absolute atomic E-state index is 0. The molecule has 0 spiro atoms. The van der Waals surface area contributed by atoms with E-state index in [9.17, 15) is 123 Å². The van der Waals surface area contributed by atoms with Crippen molar-refractivity contribution < 1.29 is 152 Å². The minimum Gasteiger partial charge on any atom is -0.480 e. The Hall–Kier alpha value is -15.0. The third kappa shape index (κ3) is 37.2. The Morgan fingerprint density at radius 2 is 0.531 bits per heavy atom. The lowest BCUT2D eigenvalue weighted by molar-refractivity contribution is -0.175. The van der Waals surface area contributed by atoms with Crippen molar-refractivity contribution in [2.75, 3.05) is 38.4 Å². The van der Waals surface area contributed by atoms with Crippen LogP contribution in [0.15, 0.2) is 218 Å². The summed E-state index contributed by atoms with van der Waals surface area (Å²) in [6, 6.07) is 59.8. The number of aryl methyl sites for hydroxylation is 3. The van der Waals surface area contributed by atoms with E-state index < -0.39 is 160 Å². The SMILES string of the molecule is C.C.C.C.C.CC(C)(C)OCC(Cc1ccc(-c2ccc(C(=O)O)cc2)cc1)(C(=O)O)C(=O)O.CC(C)(C)OCC(Cc1ccc(-c2ccc(F)cc2)cc1)(C(=O)O)C(=O)O.CC(C)(C)OCC(Cc1ccc(-c2ccccc2C(=O)O)cc1)(C(=O)O)C(=O)O.Cc1ccccc1C(=O)Nc1ccc(CC(COC(C)(C)C)(C(=O)O)C(=O)O)cc1.Cc1n[nH]c(C)c1-c1ccc(CC(COC(C)(C)C)(C(=O)O)C(=O)O)cc1. The number of H-pyrrole nitrogens is 1. The summed E-state index contributed by atoms with van der Waals surface area (Å²) in [6.07, 6.45) is -1.13. The van der Waals surface area contributed by atoms with Crippen LogP contribution >= 0.6 is 0 Å². The number of amides is 1. The van der Waals surface area contributed by atoms with Crippen molar-refractivity contribution in [1.29, 1.82) is 0 Å². The second kappa shape index (κ2) is 54.8. The summed E-state index contributed by atoms with van der Waals surface area (Å²) in [4.78, 5) is 153. The van der Waals surface area contributed by atoms with Gasteiger partial charge in [-0.1, -0.05) is 207 Å². The van der Waals surface area contributed by atoms with E-state index in [0.717, 1.165) is 50.3 Å².